The number of nitrogens with zero attached hydrogens (tertiary/aromatic N) is 3. The van der Waals surface area contributed by atoms with Gasteiger partial charge in [0.15, 0.2) is 0 Å². The van der Waals surface area contributed by atoms with E-state index in [1.54, 1.807) is 11.8 Å². The third kappa shape index (κ3) is 4.40. The van der Waals surface area contributed by atoms with E-state index < -0.39 is 11.6 Å². The van der Waals surface area contributed by atoms with E-state index in [9.17, 15) is 8.78 Å². The third-order valence-electron chi connectivity index (χ3n) is 5.55. The number of aromatic nitrogens is 2. The summed E-state index contributed by atoms with van der Waals surface area (Å²) in [5.41, 5.74) is 1.48. The number of benzene rings is 1. The largest absolute Gasteiger partial charge is 0.303 e. The smallest absolute Gasteiger partial charge is 0.135 e. The van der Waals surface area contributed by atoms with Gasteiger partial charge in [-0.25, -0.2) is 8.78 Å². The summed E-state index contributed by atoms with van der Waals surface area (Å²) >= 11 is 2.91. The number of rotatable bonds is 4. The van der Waals surface area contributed by atoms with Gasteiger partial charge in [-0.2, -0.15) is 8.75 Å². The molecular formula is C21H23F2N3S2. The molecule has 0 spiro atoms. The maximum Gasteiger partial charge on any atom is 0.135 e. The normalized spacial score (nSPS) is 24.8. The molecule has 0 saturated carbocycles. The molecule has 2 bridgehead atoms. The number of thioether (sulfide) groups is 1. The van der Waals surface area contributed by atoms with Crippen molar-refractivity contribution in [2.45, 2.75) is 42.9 Å². The minimum absolute atomic E-state index is 0.0185. The van der Waals surface area contributed by atoms with E-state index in [-0.39, 0.29) is 11.2 Å². The third-order valence-corrected chi connectivity index (χ3v) is 7.65. The Kier molecular flexibility index (Phi) is 6.00. The van der Waals surface area contributed by atoms with Crippen LogP contribution in [0.15, 0.2) is 23.2 Å². The second kappa shape index (κ2) is 8.48. The Bertz CT molecular complexity index is 874. The van der Waals surface area contributed by atoms with Crippen LogP contribution in [0.2, 0.25) is 0 Å². The molecule has 28 heavy (non-hydrogen) atoms. The first-order valence-corrected chi connectivity index (χ1v) is 11.3. The molecular weight excluding hydrogens is 396 g/mol. The molecule has 1 unspecified atom stereocenters. The summed E-state index contributed by atoms with van der Waals surface area (Å²) < 4.78 is 36.0. The highest BCUT2D eigenvalue weighted by Crippen LogP contribution is 2.42. The second-order valence-corrected chi connectivity index (χ2v) is 9.57. The summed E-state index contributed by atoms with van der Waals surface area (Å²) in [5.74, 6) is 6.37. The minimum Gasteiger partial charge on any atom is -0.303 e. The Labute approximate surface area is 173 Å². The first-order valence-electron chi connectivity index (χ1n) is 9.68. The van der Waals surface area contributed by atoms with Crippen LogP contribution in [0.3, 0.4) is 0 Å². The quantitative estimate of drug-likeness (QED) is 0.526. The van der Waals surface area contributed by atoms with E-state index in [1.165, 1.54) is 49.8 Å². The van der Waals surface area contributed by atoms with Gasteiger partial charge < -0.3 is 4.90 Å². The monoisotopic (exact) mass is 419 g/mol. The van der Waals surface area contributed by atoms with Crippen molar-refractivity contribution in [3.05, 3.63) is 41.1 Å². The summed E-state index contributed by atoms with van der Waals surface area (Å²) in [5, 5.41) is 0.956. The lowest BCUT2D eigenvalue weighted by atomic mass is 9.78. The fourth-order valence-corrected chi connectivity index (χ4v) is 5.80. The first kappa shape index (κ1) is 19.8. The number of halogens is 2. The summed E-state index contributed by atoms with van der Waals surface area (Å²) in [6.07, 6.45) is 2.48. The molecule has 3 saturated heterocycles. The zero-order valence-corrected chi connectivity index (χ0v) is 17.6. The summed E-state index contributed by atoms with van der Waals surface area (Å²) in [6, 6.07) is 3.39. The van der Waals surface area contributed by atoms with Gasteiger partial charge in [-0.05, 0) is 49.9 Å². The molecule has 5 rings (SSSR count). The maximum atomic E-state index is 13.4. The number of piperidine rings is 3. The lowest BCUT2D eigenvalue weighted by molar-refractivity contribution is 0.0846. The first-order chi connectivity index (χ1) is 13.5. The maximum absolute atomic E-state index is 13.4. The highest BCUT2D eigenvalue weighted by Gasteiger charge is 2.38. The lowest BCUT2D eigenvalue weighted by Crippen LogP contribution is -2.46. The molecule has 148 valence electrons. The average Bonchev–Trinajstić information content (AvgIpc) is 3.13. The van der Waals surface area contributed by atoms with Gasteiger partial charge in [0, 0.05) is 24.1 Å². The van der Waals surface area contributed by atoms with Crippen LogP contribution in [0, 0.1) is 35.3 Å². The van der Waals surface area contributed by atoms with Crippen molar-refractivity contribution in [1.29, 1.82) is 0 Å². The van der Waals surface area contributed by atoms with Crippen LogP contribution in [0.1, 0.15) is 43.9 Å². The summed E-state index contributed by atoms with van der Waals surface area (Å²) in [7, 11) is 0. The van der Waals surface area contributed by atoms with Crippen LogP contribution < -0.4 is 0 Å². The molecule has 3 aliphatic heterocycles. The molecule has 2 aromatic rings. The van der Waals surface area contributed by atoms with Crippen molar-refractivity contribution in [3.8, 4) is 11.8 Å². The lowest BCUT2D eigenvalue weighted by Gasteiger charge is -2.44. The van der Waals surface area contributed by atoms with Crippen LogP contribution in [-0.2, 0) is 0 Å². The molecule has 0 aliphatic carbocycles. The fourth-order valence-electron chi connectivity index (χ4n) is 4.00. The summed E-state index contributed by atoms with van der Waals surface area (Å²) in [4.78, 5) is 2.52. The number of hydrogen-bond acceptors (Lipinski definition) is 5. The van der Waals surface area contributed by atoms with Gasteiger partial charge in [-0.1, -0.05) is 37.5 Å². The molecule has 0 N–H and O–H groups in total. The Hall–Kier alpha value is -1.49. The van der Waals surface area contributed by atoms with E-state index >= 15 is 0 Å². The van der Waals surface area contributed by atoms with Gasteiger partial charge in [0.05, 0.1) is 22.7 Å². The van der Waals surface area contributed by atoms with E-state index in [0.717, 1.165) is 23.3 Å². The molecule has 0 amide bonds. The Morgan fingerprint density at radius 1 is 1.14 bits per heavy atom. The highest BCUT2D eigenvalue weighted by atomic mass is 32.2. The molecule has 3 nitrogen and oxygen atoms in total. The van der Waals surface area contributed by atoms with Crippen molar-refractivity contribution >= 4 is 23.5 Å². The van der Waals surface area contributed by atoms with E-state index in [0.29, 0.717) is 17.4 Å². The van der Waals surface area contributed by atoms with Gasteiger partial charge in [0.2, 0.25) is 0 Å². The molecule has 1 aromatic heterocycles. The number of fused-ring (bicyclic) bond motifs is 3. The highest BCUT2D eigenvalue weighted by molar-refractivity contribution is 8.00. The molecule has 3 fully saturated rings. The summed E-state index contributed by atoms with van der Waals surface area (Å²) in [6.45, 7) is 7.68. The van der Waals surface area contributed by atoms with Gasteiger partial charge >= 0.3 is 0 Å². The van der Waals surface area contributed by atoms with E-state index in [4.69, 9.17) is 0 Å². The van der Waals surface area contributed by atoms with Crippen molar-refractivity contribution in [2.75, 3.05) is 19.6 Å². The molecule has 7 heteroatoms. The van der Waals surface area contributed by atoms with E-state index in [1.807, 2.05) is 0 Å². The SMILES string of the molecule is CC(C)C(C#Cc1cc(F)cc(F)c1)Sc1nsnc1[C@@H]1CN2CCC1CC2. The number of hydrogen-bond donors (Lipinski definition) is 0. The predicted molar refractivity (Wildman–Crippen MR) is 110 cm³/mol. The second-order valence-electron chi connectivity index (χ2n) is 7.91. The van der Waals surface area contributed by atoms with Gasteiger partial charge in [0.25, 0.3) is 0 Å². The van der Waals surface area contributed by atoms with Crippen molar-refractivity contribution in [3.63, 3.8) is 0 Å². The molecule has 3 aliphatic rings. The Morgan fingerprint density at radius 3 is 2.46 bits per heavy atom. The Balaban J connectivity index is 1.54. The molecule has 1 aromatic carbocycles. The van der Waals surface area contributed by atoms with Crippen LogP contribution >= 0.6 is 23.5 Å². The van der Waals surface area contributed by atoms with Gasteiger partial charge in [-0.15, -0.1) is 0 Å². The average molecular weight is 420 g/mol. The van der Waals surface area contributed by atoms with Crippen molar-refractivity contribution in [2.24, 2.45) is 11.8 Å². The topological polar surface area (TPSA) is 29.0 Å². The zero-order chi connectivity index (χ0) is 19.7. The van der Waals surface area contributed by atoms with Crippen molar-refractivity contribution < 1.29 is 8.78 Å². The molecule has 0 radical (unpaired) electrons. The van der Waals surface area contributed by atoms with Gasteiger partial charge in [0.1, 0.15) is 16.7 Å². The minimum atomic E-state index is -0.605. The fraction of sp³-hybridized carbons (Fsp3) is 0.524. The molecule has 4 heterocycles. The van der Waals surface area contributed by atoms with Crippen LogP contribution in [0.25, 0.3) is 0 Å². The van der Waals surface area contributed by atoms with Crippen LogP contribution in [0.5, 0.6) is 0 Å². The van der Waals surface area contributed by atoms with E-state index in [2.05, 4.69) is 39.3 Å². The van der Waals surface area contributed by atoms with Gasteiger partial charge in [-0.3, -0.25) is 0 Å². The van der Waals surface area contributed by atoms with Crippen LogP contribution in [0.4, 0.5) is 8.78 Å². The zero-order valence-electron chi connectivity index (χ0n) is 16.0. The Morgan fingerprint density at radius 2 is 1.86 bits per heavy atom. The van der Waals surface area contributed by atoms with Crippen LogP contribution in [-0.4, -0.2) is 38.5 Å². The molecule has 2 atom stereocenters. The predicted octanol–water partition coefficient (Wildman–Crippen LogP) is 4.79. The van der Waals surface area contributed by atoms with Crippen molar-refractivity contribution in [1.82, 2.24) is 13.6 Å². The standard InChI is InChI=1S/C21H23F2N3S2/c1-13(2)19(4-3-14-9-16(22)11-17(23)10-14)27-21-20(24-28-25-21)18-12-26-7-5-15(18)6-8-26/h9-11,13,15,18-19H,5-8,12H2,1-2H3/t18-,19?/m1/s1.